The predicted octanol–water partition coefficient (Wildman–Crippen LogP) is 1.33. The van der Waals surface area contributed by atoms with Crippen molar-refractivity contribution in [3.63, 3.8) is 0 Å². The van der Waals surface area contributed by atoms with Gasteiger partial charge >= 0.3 is 0 Å². The summed E-state index contributed by atoms with van der Waals surface area (Å²) in [5.41, 5.74) is 1.75. The lowest BCUT2D eigenvalue weighted by atomic mass is 10.2. The molecule has 0 aliphatic heterocycles. The summed E-state index contributed by atoms with van der Waals surface area (Å²) in [6, 6.07) is 15.5. The third kappa shape index (κ3) is 4.64. The topological polar surface area (TPSA) is 77.5 Å². The fourth-order valence-corrected chi connectivity index (χ4v) is 3.58. The molecule has 0 atom stereocenters. The van der Waals surface area contributed by atoms with Gasteiger partial charge in [-0.25, -0.2) is 8.42 Å². The zero-order valence-corrected chi connectivity index (χ0v) is 13.6. The fraction of sp³-hybridized carbons (Fsp3) is 0.235. The first kappa shape index (κ1) is 17.2. The van der Waals surface area contributed by atoms with E-state index in [0.29, 0.717) is 0 Å². The molecule has 0 heterocycles. The first-order chi connectivity index (χ1) is 10.9. The Morgan fingerprint density at radius 2 is 1.65 bits per heavy atom. The number of carboxylic acid groups (broad SMARTS) is 1. The molecule has 6 heteroatoms. The minimum atomic E-state index is -3.77. The minimum absolute atomic E-state index is 0.115. The van der Waals surface area contributed by atoms with Crippen molar-refractivity contribution in [2.45, 2.75) is 24.8 Å². The van der Waals surface area contributed by atoms with Crippen molar-refractivity contribution in [2.75, 3.05) is 6.54 Å². The quantitative estimate of drug-likeness (QED) is 0.766. The van der Waals surface area contributed by atoms with Crippen molar-refractivity contribution in [3.05, 3.63) is 65.7 Å². The van der Waals surface area contributed by atoms with Crippen molar-refractivity contribution in [3.8, 4) is 0 Å². The predicted molar refractivity (Wildman–Crippen MR) is 84.8 cm³/mol. The van der Waals surface area contributed by atoms with Crippen LogP contribution in [0, 0.1) is 6.92 Å². The van der Waals surface area contributed by atoms with Crippen molar-refractivity contribution in [1.82, 2.24) is 4.31 Å². The normalized spacial score (nSPS) is 11.6. The molecule has 0 aliphatic carbocycles. The molecule has 0 amide bonds. The summed E-state index contributed by atoms with van der Waals surface area (Å²) >= 11 is 0. The van der Waals surface area contributed by atoms with Gasteiger partial charge in [0, 0.05) is 25.5 Å². The molecule has 0 radical (unpaired) electrons. The molecule has 23 heavy (non-hydrogen) atoms. The highest BCUT2D eigenvalue weighted by Crippen LogP contribution is 2.19. The van der Waals surface area contributed by atoms with Gasteiger partial charge in [-0.1, -0.05) is 48.0 Å². The second-order valence-electron chi connectivity index (χ2n) is 5.26. The van der Waals surface area contributed by atoms with E-state index in [0.717, 1.165) is 11.1 Å². The van der Waals surface area contributed by atoms with Gasteiger partial charge in [0.05, 0.1) is 4.90 Å². The fourth-order valence-electron chi connectivity index (χ4n) is 2.15. The van der Waals surface area contributed by atoms with Crippen molar-refractivity contribution in [2.24, 2.45) is 0 Å². The van der Waals surface area contributed by atoms with E-state index in [9.17, 15) is 18.3 Å². The number of benzene rings is 2. The van der Waals surface area contributed by atoms with Crippen LogP contribution in [-0.4, -0.2) is 25.2 Å². The summed E-state index contributed by atoms with van der Waals surface area (Å²) in [5.74, 6) is -1.28. The third-order valence-corrected chi connectivity index (χ3v) is 5.29. The Hall–Kier alpha value is -2.18. The maximum Gasteiger partial charge on any atom is 0.243 e. The summed E-state index contributed by atoms with van der Waals surface area (Å²) in [6.07, 6.45) is -0.349. The Morgan fingerprint density at radius 1 is 1.04 bits per heavy atom. The lowest BCUT2D eigenvalue weighted by molar-refractivity contribution is -0.305. The third-order valence-electron chi connectivity index (χ3n) is 3.43. The highest BCUT2D eigenvalue weighted by atomic mass is 32.2. The van der Waals surface area contributed by atoms with Crippen LogP contribution in [-0.2, 0) is 21.4 Å². The van der Waals surface area contributed by atoms with E-state index >= 15 is 0 Å². The number of aryl methyl sites for hydroxylation is 1. The van der Waals surface area contributed by atoms with Gasteiger partial charge in [-0.2, -0.15) is 4.31 Å². The van der Waals surface area contributed by atoms with Crippen LogP contribution >= 0.6 is 0 Å². The van der Waals surface area contributed by atoms with Crippen LogP contribution in [0.2, 0.25) is 0 Å². The van der Waals surface area contributed by atoms with E-state index in [2.05, 4.69) is 0 Å². The number of aliphatic carboxylic acids is 1. The zero-order valence-electron chi connectivity index (χ0n) is 12.8. The molecule has 0 bridgehead atoms. The van der Waals surface area contributed by atoms with E-state index in [-0.39, 0.29) is 24.4 Å². The summed E-state index contributed by atoms with van der Waals surface area (Å²) < 4.78 is 26.7. The smallest absolute Gasteiger partial charge is 0.243 e. The molecule has 0 N–H and O–H groups in total. The van der Waals surface area contributed by atoms with Crippen LogP contribution in [0.15, 0.2) is 59.5 Å². The number of carbonyl (C=O) groups excluding carboxylic acids is 1. The van der Waals surface area contributed by atoms with E-state index in [1.165, 1.54) is 16.4 Å². The number of sulfonamides is 1. The van der Waals surface area contributed by atoms with Gasteiger partial charge in [-0.3, -0.25) is 0 Å². The summed E-state index contributed by atoms with van der Waals surface area (Å²) in [4.78, 5) is 10.9. The number of carbonyl (C=O) groups is 1. The van der Waals surface area contributed by atoms with Crippen LogP contribution in [0.3, 0.4) is 0 Å². The number of nitrogens with zero attached hydrogens (tertiary/aromatic N) is 1. The molecule has 5 nitrogen and oxygen atoms in total. The Balaban J connectivity index is 2.31. The van der Waals surface area contributed by atoms with Crippen molar-refractivity contribution in [1.29, 1.82) is 0 Å². The molecule has 0 aliphatic rings. The molecular weight excluding hydrogens is 314 g/mol. The Kier molecular flexibility index (Phi) is 5.52. The highest BCUT2D eigenvalue weighted by molar-refractivity contribution is 7.89. The minimum Gasteiger partial charge on any atom is -0.550 e. The highest BCUT2D eigenvalue weighted by Gasteiger charge is 2.24. The Morgan fingerprint density at radius 3 is 2.22 bits per heavy atom. The lowest BCUT2D eigenvalue weighted by Gasteiger charge is -2.22. The largest absolute Gasteiger partial charge is 0.550 e. The van der Waals surface area contributed by atoms with Crippen LogP contribution in [0.4, 0.5) is 0 Å². The number of carboxylic acids is 1. The van der Waals surface area contributed by atoms with Crippen LogP contribution in [0.25, 0.3) is 0 Å². The van der Waals surface area contributed by atoms with Gasteiger partial charge in [-0.05, 0) is 24.6 Å². The molecule has 0 fully saturated rings. The molecule has 122 valence electrons. The molecule has 0 saturated heterocycles. The molecule has 0 unspecified atom stereocenters. The molecule has 0 aromatic heterocycles. The van der Waals surface area contributed by atoms with Crippen LogP contribution in [0.1, 0.15) is 17.5 Å². The Labute approximate surface area is 136 Å². The average Bonchev–Trinajstić information content (AvgIpc) is 2.52. The van der Waals surface area contributed by atoms with Crippen LogP contribution < -0.4 is 5.11 Å². The first-order valence-electron chi connectivity index (χ1n) is 7.20. The summed E-state index contributed by atoms with van der Waals surface area (Å²) in [7, 11) is -3.77. The second-order valence-corrected chi connectivity index (χ2v) is 7.20. The lowest BCUT2D eigenvalue weighted by Crippen LogP contribution is -2.35. The van der Waals surface area contributed by atoms with E-state index < -0.39 is 16.0 Å². The van der Waals surface area contributed by atoms with Gasteiger partial charge < -0.3 is 9.90 Å². The van der Waals surface area contributed by atoms with Gasteiger partial charge in [-0.15, -0.1) is 0 Å². The molecular formula is C17H18NO4S-. The summed E-state index contributed by atoms with van der Waals surface area (Å²) in [6.45, 7) is 1.85. The van der Waals surface area contributed by atoms with E-state index in [1.807, 2.05) is 25.1 Å². The average molecular weight is 332 g/mol. The van der Waals surface area contributed by atoms with Gasteiger partial charge in [0.25, 0.3) is 0 Å². The standard InChI is InChI=1S/C17H19NO4S/c1-14-7-9-16(10-8-14)23(21,22)18(12-11-17(19)20)13-15-5-3-2-4-6-15/h2-10H,11-13H2,1H3,(H,19,20)/p-1. The van der Waals surface area contributed by atoms with Crippen molar-refractivity contribution < 1.29 is 18.3 Å². The molecule has 0 spiro atoms. The van der Waals surface area contributed by atoms with Crippen molar-refractivity contribution >= 4 is 16.0 Å². The second kappa shape index (κ2) is 7.39. The summed E-state index contributed by atoms with van der Waals surface area (Å²) in [5, 5.41) is 10.7. The maximum absolute atomic E-state index is 12.8. The number of hydrogen-bond acceptors (Lipinski definition) is 4. The van der Waals surface area contributed by atoms with E-state index in [1.54, 1.807) is 24.3 Å². The van der Waals surface area contributed by atoms with Gasteiger partial charge in [0.1, 0.15) is 0 Å². The molecule has 2 aromatic rings. The first-order valence-corrected chi connectivity index (χ1v) is 8.64. The van der Waals surface area contributed by atoms with E-state index in [4.69, 9.17) is 0 Å². The Bertz CT molecular complexity index is 755. The monoisotopic (exact) mass is 332 g/mol. The van der Waals surface area contributed by atoms with Gasteiger partial charge in [0.15, 0.2) is 0 Å². The van der Waals surface area contributed by atoms with Gasteiger partial charge in [0.2, 0.25) is 10.0 Å². The zero-order chi connectivity index (χ0) is 16.9. The SMILES string of the molecule is Cc1ccc(S(=O)(=O)N(CCC(=O)[O-])Cc2ccccc2)cc1. The number of rotatable bonds is 7. The van der Waals surface area contributed by atoms with Crippen LogP contribution in [0.5, 0.6) is 0 Å². The molecule has 2 rings (SSSR count). The number of hydrogen-bond donors (Lipinski definition) is 0. The maximum atomic E-state index is 12.8. The molecule has 2 aromatic carbocycles. The molecule has 0 saturated carbocycles.